The Balaban J connectivity index is 1.47. The van der Waals surface area contributed by atoms with Crippen molar-refractivity contribution < 1.29 is 19.1 Å². The van der Waals surface area contributed by atoms with Crippen molar-refractivity contribution in [1.82, 2.24) is 19.9 Å². The minimum absolute atomic E-state index is 0.207. The van der Waals surface area contributed by atoms with Gasteiger partial charge in [-0.15, -0.1) is 0 Å². The van der Waals surface area contributed by atoms with Crippen LogP contribution < -0.4 is 16.0 Å². The van der Waals surface area contributed by atoms with Gasteiger partial charge in [-0.05, 0) is 57.9 Å². The number of carbonyl (C=O) groups is 2. The molecule has 1 atom stereocenters. The Hall–Kier alpha value is -3.88. The van der Waals surface area contributed by atoms with Gasteiger partial charge in [0.25, 0.3) is 5.91 Å². The molecule has 37 heavy (non-hydrogen) atoms. The zero-order chi connectivity index (χ0) is 26.9. The van der Waals surface area contributed by atoms with Gasteiger partial charge in [-0.1, -0.05) is 11.6 Å². The highest BCUT2D eigenvalue weighted by atomic mass is 35.5. The van der Waals surface area contributed by atoms with Crippen LogP contribution >= 0.6 is 11.6 Å². The van der Waals surface area contributed by atoms with E-state index in [1.165, 1.54) is 15.6 Å². The van der Waals surface area contributed by atoms with Crippen LogP contribution in [0.3, 0.4) is 0 Å². The second-order valence-electron chi connectivity index (χ2n) is 9.85. The molecule has 0 fully saturated rings. The molecule has 4 rings (SSSR count). The molecule has 3 N–H and O–H groups in total. The van der Waals surface area contributed by atoms with Gasteiger partial charge >= 0.3 is 6.09 Å². The molecule has 1 aliphatic rings. The number of nitrogens with one attached hydrogen (secondary N) is 1. The molecule has 3 aromatic rings. The number of carbonyl (C=O) groups excluding carboxylic acids is 2. The molecule has 0 saturated heterocycles. The van der Waals surface area contributed by atoms with Crippen LogP contribution in [0.25, 0.3) is 5.65 Å². The van der Waals surface area contributed by atoms with Gasteiger partial charge < -0.3 is 20.5 Å². The highest BCUT2D eigenvalue weighted by Crippen LogP contribution is 2.34. The van der Waals surface area contributed by atoms with E-state index in [2.05, 4.69) is 21.5 Å². The molecule has 12 heteroatoms. The molecular formula is C25H28ClN7O4. The number of nitrogen functional groups attached to an aromatic ring is 1. The first-order valence-electron chi connectivity index (χ1n) is 11.7. The maximum absolute atomic E-state index is 13.0. The van der Waals surface area contributed by atoms with Gasteiger partial charge in [0.15, 0.2) is 5.65 Å². The fraction of sp³-hybridized carbons (Fsp3) is 0.400. The summed E-state index contributed by atoms with van der Waals surface area (Å²) in [4.78, 5) is 31.7. The smallest absolute Gasteiger partial charge is 0.416 e. The Morgan fingerprint density at radius 2 is 2.08 bits per heavy atom. The predicted octanol–water partition coefficient (Wildman–Crippen LogP) is 3.47. The van der Waals surface area contributed by atoms with E-state index >= 15 is 0 Å². The molecular weight excluding hydrogens is 498 g/mol. The summed E-state index contributed by atoms with van der Waals surface area (Å²) in [6, 6.07) is 6.74. The Bertz CT molecular complexity index is 1410. The molecule has 0 saturated carbocycles. The summed E-state index contributed by atoms with van der Waals surface area (Å²) in [6.07, 6.45) is 1.36. The number of hydrogen-bond donors (Lipinski definition) is 2. The van der Waals surface area contributed by atoms with Crippen molar-refractivity contribution >= 4 is 40.8 Å². The third-order valence-corrected chi connectivity index (χ3v) is 5.84. The summed E-state index contributed by atoms with van der Waals surface area (Å²) in [5, 5.41) is 16.5. The van der Waals surface area contributed by atoms with Gasteiger partial charge in [0.2, 0.25) is 0 Å². The Labute approximate surface area is 219 Å². The van der Waals surface area contributed by atoms with Crippen molar-refractivity contribution in [2.75, 3.05) is 23.8 Å². The van der Waals surface area contributed by atoms with E-state index in [4.69, 9.17) is 32.1 Å². The highest BCUT2D eigenvalue weighted by molar-refractivity contribution is 6.31. The number of rotatable bonds is 6. The first-order valence-corrected chi connectivity index (χ1v) is 12.1. The number of nitrogens with two attached hydrogens (primary N) is 1. The molecule has 2 amide bonds. The lowest BCUT2D eigenvalue weighted by Crippen LogP contribution is -2.36. The number of hydrogen-bond acceptors (Lipinski definition) is 8. The number of aromatic nitrogens is 3. The SMILES string of the molecule is C[C@H](COCc1cc(N)cc(C#N)c1)NC(=O)c1cnn2c3c(c(Cl)nc12)CCN3C(=O)OC(C)(C)C. The second kappa shape index (κ2) is 10.2. The summed E-state index contributed by atoms with van der Waals surface area (Å²) in [5.74, 6) is 0.0331. The van der Waals surface area contributed by atoms with E-state index < -0.39 is 17.6 Å². The van der Waals surface area contributed by atoms with Crippen molar-refractivity contribution in [2.45, 2.75) is 52.4 Å². The number of anilines is 2. The van der Waals surface area contributed by atoms with Crippen LogP contribution in [-0.4, -0.2) is 51.4 Å². The number of ether oxygens (including phenoxy) is 2. The summed E-state index contributed by atoms with van der Waals surface area (Å²) in [5.41, 5.74) is 7.95. The van der Waals surface area contributed by atoms with Crippen LogP contribution in [0, 0.1) is 11.3 Å². The summed E-state index contributed by atoms with van der Waals surface area (Å²) in [6.45, 7) is 7.98. The number of benzene rings is 1. The number of halogens is 1. The Kier molecular flexibility index (Phi) is 7.25. The maximum atomic E-state index is 13.0. The van der Waals surface area contributed by atoms with Crippen molar-refractivity contribution in [3.63, 3.8) is 0 Å². The Morgan fingerprint density at radius 1 is 1.32 bits per heavy atom. The normalized spacial score (nSPS) is 13.8. The molecule has 1 aromatic carbocycles. The van der Waals surface area contributed by atoms with Gasteiger partial charge in [0.1, 0.15) is 22.1 Å². The average Bonchev–Trinajstić information content (AvgIpc) is 3.42. The third-order valence-electron chi connectivity index (χ3n) is 5.53. The van der Waals surface area contributed by atoms with Crippen molar-refractivity contribution in [3.05, 3.63) is 51.8 Å². The van der Waals surface area contributed by atoms with Crippen molar-refractivity contribution in [1.29, 1.82) is 5.26 Å². The molecule has 194 valence electrons. The van der Waals surface area contributed by atoms with Crippen LogP contribution in [-0.2, 0) is 22.5 Å². The minimum Gasteiger partial charge on any atom is -0.443 e. The van der Waals surface area contributed by atoms with Gasteiger partial charge in [-0.2, -0.15) is 14.9 Å². The van der Waals surface area contributed by atoms with Gasteiger partial charge in [-0.3, -0.25) is 9.69 Å². The van der Waals surface area contributed by atoms with Gasteiger partial charge in [0.05, 0.1) is 31.0 Å². The maximum Gasteiger partial charge on any atom is 0.416 e. The lowest BCUT2D eigenvalue weighted by Gasteiger charge is -2.24. The molecule has 0 aliphatic carbocycles. The van der Waals surface area contributed by atoms with Crippen molar-refractivity contribution in [2.24, 2.45) is 0 Å². The summed E-state index contributed by atoms with van der Waals surface area (Å²) < 4.78 is 12.7. The molecule has 11 nitrogen and oxygen atoms in total. The first kappa shape index (κ1) is 26.2. The molecule has 0 bridgehead atoms. The third kappa shape index (κ3) is 5.76. The lowest BCUT2D eigenvalue weighted by molar-refractivity contribution is 0.0582. The lowest BCUT2D eigenvalue weighted by atomic mass is 10.1. The van der Waals surface area contributed by atoms with E-state index in [0.29, 0.717) is 35.6 Å². The zero-order valence-corrected chi connectivity index (χ0v) is 21.8. The molecule has 0 unspecified atom stereocenters. The molecule has 0 spiro atoms. The van der Waals surface area contributed by atoms with Gasteiger partial charge in [-0.25, -0.2) is 9.78 Å². The Morgan fingerprint density at radius 3 is 2.78 bits per heavy atom. The zero-order valence-electron chi connectivity index (χ0n) is 21.0. The monoisotopic (exact) mass is 525 g/mol. The number of amides is 2. The fourth-order valence-electron chi connectivity index (χ4n) is 4.02. The van der Waals surface area contributed by atoms with E-state index in [9.17, 15) is 9.59 Å². The summed E-state index contributed by atoms with van der Waals surface area (Å²) in [7, 11) is 0. The van der Waals surface area contributed by atoms with Crippen LogP contribution in [0.1, 0.15) is 54.7 Å². The minimum atomic E-state index is -0.672. The first-order chi connectivity index (χ1) is 17.5. The quantitative estimate of drug-likeness (QED) is 0.367. The largest absolute Gasteiger partial charge is 0.443 e. The standard InChI is InChI=1S/C25H28ClN7O4/c1-14(12-36-13-16-7-15(10-27)8-17(28)9-16)30-22(34)19-11-29-33-21(19)31-20(26)18-5-6-32(23(18)33)24(35)37-25(2,3)4/h7-9,11,14H,5-6,12-13,28H2,1-4H3,(H,30,34)/t14-/m1/s1. The predicted molar refractivity (Wildman–Crippen MR) is 137 cm³/mol. The number of nitriles is 1. The summed E-state index contributed by atoms with van der Waals surface area (Å²) >= 11 is 6.44. The van der Waals surface area contributed by atoms with Crippen LogP contribution in [0.5, 0.6) is 0 Å². The molecule has 0 radical (unpaired) electrons. The van der Waals surface area contributed by atoms with E-state index in [1.54, 1.807) is 45.9 Å². The number of nitrogens with zero attached hydrogens (tertiary/aromatic N) is 5. The van der Waals surface area contributed by atoms with E-state index in [-0.39, 0.29) is 35.6 Å². The van der Waals surface area contributed by atoms with E-state index in [0.717, 1.165) is 5.56 Å². The average molecular weight is 526 g/mol. The van der Waals surface area contributed by atoms with Crippen LogP contribution in [0.2, 0.25) is 5.15 Å². The number of fused-ring (bicyclic) bond motifs is 3. The van der Waals surface area contributed by atoms with Crippen molar-refractivity contribution in [3.8, 4) is 6.07 Å². The van der Waals surface area contributed by atoms with Crippen LogP contribution in [0.4, 0.5) is 16.3 Å². The molecule has 2 aromatic heterocycles. The topological polar surface area (TPSA) is 148 Å². The highest BCUT2D eigenvalue weighted by Gasteiger charge is 2.34. The van der Waals surface area contributed by atoms with Gasteiger partial charge in [0, 0.05) is 23.8 Å². The molecule has 1 aliphatic heterocycles. The fourth-order valence-corrected chi connectivity index (χ4v) is 4.28. The van der Waals surface area contributed by atoms with E-state index in [1.807, 2.05) is 0 Å². The second-order valence-corrected chi connectivity index (χ2v) is 10.2. The molecule has 3 heterocycles. The van der Waals surface area contributed by atoms with Crippen LogP contribution in [0.15, 0.2) is 24.4 Å².